The molecule has 2 rings (SSSR count). The van der Waals surface area contributed by atoms with Gasteiger partial charge in [-0.3, -0.25) is 0 Å². The highest BCUT2D eigenvalue weighted by molar-refractivity contribution is 8.00. The maximum atomic E-state index is 5.75. The summed E-state index contributed by atoms with van der Waals surface area (Å²) >= 11 is 7.75. The SMILES string of the molecule is CC1CN(c2ccnc(Cl)n2)CCS1. The Morgan fingerprint density at radius 3 is 3.21 bits per heavy atom. The Labute approximate surface area is 92.9 Å². The summed E-state index contributed by atoms with van der Waals surface area (Å²) in [6, 6.07) is 1.91. The van der Waals surface area contributed by atoms with Crippen LogP contribution in [0.25, 0.3) is 0 Å². The third-order valence-electron chi connectivity index (χ3n) is 2.18. The van der Waals surface area contributed by atoms with E-state index in [0.29, 0.717) is 10.5 Å². The molecular weight excluding hydrogens is 218 g/mol. The molecule has 0 bridgehead atoms. The number of rotatable bonds is 1. The smallest absolute Gasteiger partial charge is 0.224 e. The first-order chi connectivity index (χ1) is 6.75. The van der Waals surface area contributed by atoms with Gasteiger partial charge in [0.05, 0.1) is 0 Å². The summed E-state index contributed by atoms with van der Waals surface area (Å²) in [4.78, 5) is 10.3. The molecule has 0 N–H and O–H groups in total. The fourth-order valence-corrected chi connectivity index (χ4v) is 2.69. The van der Waals surface area contributed by atoms with Crippen LogP contribution in [0.3, 0.4) is 0 Å². The maximum absolute atomic E-state index is 5.75. The van der Waals surface area contributed by atoms with Gasteiger partial charge in [0.15, 0.2) is 0 Å². The first-order valence-corrected chi connectivity index (χ1v) is 6.03. The molecule has 0 amide bonds. The number of nitrogens with zero attached hydrogens (tertiary/aromatic N) is 3. The van der Waals surface area contributed by atoms with Crippen molar-refractivity contribution in [3.63, 3.8) is 0 Å². The van der Waals surface area contributed by atoms with Gasteiger partial charge >= 0.3 is 0 Å². The van der Waals surface area contributed by atoms with Crippen molar-refractivity contribution in [2.45, 2.75) is 12.2 Å². The number of halogens is 1. The van der Waals surface area contributed by atoms with E-state index in [-0.39, 0.29) is 0 Å². The lowest BCUT2D eigenvalue weighted by atomic mass is 10.3. The average molecular weight is 230 g/mol. The minimum atomic E-state index is 0.327. The Hall–Kier alpha value is -0.480. The zero-order valence-electron chi connectivity index (χ0n) is 7.98. The van der Waals surface area contributed by atoms with Crippen LogP contribution in [-0.2, 0) is 0 Å². The van der Waals surface area contributed by atoms with Gasteiger partial charge in [-0.15, -0.1) is 0 Å². The molecule has 1 aliphatic heterocycles. The number of aromatic nitrogens is 2. The summed E-state index contributed by atoms with van der Waals surface area (Å²) in [7, 11) is 0. The quantitative estimate of drug-likeness (QED) is 0.690. The van der Waals surface area contributed by atoms with E-state index in [1.807, 2.05) is 17.8 Å². The lowest BCUT2D eigenvalue weighted by Crippen LogP contribution is -2.37. The molecule has 1 unspecified atom stereocenters. The summed E-state index contributed by atoms with van der Waals surface area (Å²) in [6.07, 6.45) is 1.71. The Balaban J connectivity index is 2.14. The summed E-state index contributed by atoms with van der Waals surface area (Å²) < 4.78 is 0. The highest BCUT2D eigenvalue weighted by Gasteiger charge is 2.17. The van der Waals surface area contributed by atoms with Crippen LogP contribution in [0.5, 0.6) is 0 Å². The predicted octanol–water partition coefficient (Wildman–Crippen LogP) is 2.07. The summed E-state index contributed by atoms with van der Waals surface area (Å²) in [5.41, 5.74) is 0. The highest BCUT2D eigenvalue weighted by atomic mass is 35.5. The molecule has 0 saturated carbocycles. The second-order valence-corrected chi connectivity index (χ2v) is 5.20. The van der Waals surface area contributed by atoms with Crippen LogP contribution in [0.15, 0.2) is 12.3 Å². The average Bonchev–Trinajstić information content (AvgIpc) is 2.18. The van der Waals surface area contributed by atoms with Gasteiger partial charge in [0, 0.05) is 30.3 Å². The van der Waals surface area contributed by atoms with E-state index in [0.717, 1.165) is 24.7 Å². The van der Waals surface area contributed by atoms with Crippen LogP contribution in [0.4, 0.5) is 5.82 Å². The molecule has 2 heterocycles. The zero-order valence-corrected chi connectivity index (χ0v) is 9.55. The third kappa shape index (κ3) is 2.30. The van der Waals surface area contributed by atoms with E-state index < -0.39 is 0 Å². The zero-order chi connectivity index (χ0) is 9.97. The molecule has 0 aromatic carbocycles. The van der Waals surface area contributed by atoms with E-state index in [1.54, 1.807) is 6.20 Å². The predicted molar refractivity (Wildman–Crippen MR) is 61.2 cm³/mol. The fourth-order valence-electron chi connectivity index (χ4n) is 1.53. The molecule has 14 heavy (non-hydrogen) atoms. The molecule has 0 spiro atoms. The topological polar surface area (TPSA) is 29.0 Å². The maximum Gasteiger partial charge on any atom is 0.224 e. The van der Waals surface area contributed by atoms with Crippen LogP contribution >= 0.6 is 23.4 Å². The van der Waals surface area contributed by atoms with Gasteiger partial charge in [0.1, 0.15) is 5.82 Å². The number of hydrogen-bond acceptors (Lipinski definition) is 4. The van der Waals surface area contributed by atoms with Crippen LogP contribution in [-0.4, -0.2) is 34.1 Å². The molecule has 1 aliphatic rings. The Kier molecular flexibility index (Phi) is 3.13. The fraction of sp³-hybridized carbons (Fsp3) is 0.556. The first-order valence-electron chi connectivity index (χ1n) is 4.61. The minimum absolute atomic E-state index is 0.327. The molecule has 76 valence electrons. The monoisotopic (exact) mass is 229 g/mol. The molecule has 1 aromatic rings. The van der Waals surface area contributed by atoms with Gasteiger partial charge in [-0.1, -0.05) is 6.92 Å². The van der Waals surface area contributed by atoms with Crippen LogP contribution in [0, 0.1) is 0 Å². The molecule has 0 aliphatic carbocycles. The van der Waals surface area contributed by atoms with Gasteiger partial charge < -0.3 is 4.90 Å². The van der Waals surface area contributed by atoms with Gasteiger partial charge in [0.25, 0.3) is 0 Å². The van der Waals surface area contributed by atoms with Crippen LogP contribution in [0.1, 0.15) is 6.92 Å². The van der Waals surface area contributed by atoms with E-state index in [4.69, 9.17) is 11.6 Å². The largest absolute Gasteiger partial charge is 0.355 e. The summed E-state index contributed by atoms with van der Waals surface area (Å²) in [5, 5.41) is 0.992. The molecule has 1 atom stereocenters. The second-order valence-electron chi connectivity index (χ2n) is 3.31. The number of hydrogen-bond donors (Lipinski definition) is 0. The highest BCUT2D eigenvalue weighted by Crippen LogP contribution is 2.22. The van der Waals surface area contributed by atoms with Gasteiger partial charge in [-0.25, -0.2) is 9.97 Å². The lowest BCUT2D eigenvalue weighted by Gasteiger charge is -2.31. The molecule has 3 nitrogen and oxygen atoms in total. The molecule has 5 heteroatoms. The molecule has 1 fully saturated rings. The van der Waals surface area contributed by atoms with E-state index in [1.165, 1.54) is 0 Å². The normalized spacial score (nSPS) is 22.4. The van der Waals surface area contributed by atoms with Crippen LogP contribution in [0.2, 0.25) is 5.28 Å². The standard InChI is InChI=1S/C9H12ClN3S/c1-7-6-13(4-5-14-7)8-2-3-11-9(10)12-8/h2-3,7H,4-6H2,1H3. The Morgan fingerprint density at radius 1 is 1.64 bits per heavy atom. The number of thioether (sulfide) groups is 1. The third-order valence-corrected chi connectivity index (χ3v) is 3.50. The molecule has 0 radical (unpaired) electrons. The van der Waals surface area contributed by atoms with Crippen LogP contribution < -0.4 is 4.90 Å². The van der Waals surface area contributed by atoms with Gasteiger partial charge in [-0.05, 0) is 17.7 Å². The van der Waals surface area contributed by atoms with E-state index in [9.17, 15) is 0 Å². The van der Waals surface area contributed by atoms with Crippen molar-refractivity contribution in [2.75, 3.05) is 23.7 Å². The number of anilines is 1. The van der Waals surface area contributed by atoms with E-state index >= 15 is 0 Å². The van der Waals surface area contributed by atoms with E-state index in [2.05, 4.69) is 21.8 Å². The lowest BCUT2D eigenvalue weighted by molar-refractivity contribution is 0.768. The second kappa shape index (κ2) is 4.36. The van der Waals surface area contributed by atoms with Crippen molar-refractivity contribution in [3.8, 4) is 0 Å². The molecule has 1 saturated heterocycles. The van der Waals surface area contributed by atoms with Crippen molar-refractivity contribution in [1.82, 2.24) is 9.97 Å². The first kappa shape index (κ1) is 10.1. The van der Waals surface area contributed by atoms with Crippen molar-refractivity contribution >= 4 is 29.2 Å². The summed E-state index contributed by atoms with van der Waals surface area (Å²) in [6.45, 7) is 4.32. The van der Waals surface area contributed by atoms with Gasteiger partial charge in [-0.2, -0.15) is 11.8 Å². The van der Waals surface area contributed by atoms with Crippen molar-refractivity contribution in [3.05, 3.63) is 17.5 Å². The Morgan fingerprint density at radius 2 is 2.50 bits per heavy atom. The minimum Gasteiger partial charge on any atom is -0.355 e. The molecular formula is C9H12ClN3S. The Bertz CT molecular complexity index is 321. The van der Waals surface area contributed by atoms with Crippen molar-refractivity contribution in [1.29, 1.82) is 0 Å². The van der Waals surface area contributed by atoms with Gasteiger partial charge in [0.2, 0.25) is 5.28 Å². The van der Waals surface area contributed by atoms with Crippen molar-refractivity contribution < 1.29 is 0 Å². The molecule has 1 aromatic heterocycles. The van der Waals surface area contributed by atoms with Crippen molar-refractivity contribution in [2.24, 2.45) is 0 Å². The summed E-state index contributed by atoms with van der Waals surface area (Å²) in [5.74, 6) is 2.10.